The number of nitrogens with two attached hydrogens (primary N) is 1. The molecule has 1 aromatic carbocycles. The van der Waals surface area contributed by atoms with Gasteiger partial charge in [-0.3, -0.25) is 14.3 Å². The minimum atomic E-state index is -0.416. The Balaban J connectivity index is 1.50. The maximum atomic E-state index is 13.2. The number of benzene rings is 1. The molecular formula is C24H26N8O4. The van der Waals surface area contributed by atoms with Crippen LogP contribution in [0, 0.1) is 0 Å². The van der Waals surface area contributed by atoms with E-state index >= 15 is 0 Å². The Morgan fingerprint density at radius 1 is 1.33 bits per heavy atom. The van der Waals surface area contributed by atoms with Gasteiger partial charge in [0.25, 0.3) is 5.91 Å². The number of methoxy groups -OCH3 is 1. The molecule has 1 saturated heterocycles. The zero-order valence-electron chi connectivity index (χ0n) is 19.9. The fraction of sp³-hybridized carbons (Fsp3) is 0.292. The van der Waals surface area contributed by atoms with Gasteiger partial charge in [0.1, 0.15) is 23.6 Å². The normalized spacial score (nSPS) is 15.7. The summed E-state index contributed by atoms with van der Waals surface area (Å²) in [7, 11) is 1.54. The van der Waals surface area contributed by atoms with Gasteiger partial charge < -0.3 is 25.4 Å². The van der Waals surface area contributed by atoms with Crippen LogP contribution in [0.5, 0.6) is 5.75 Å². The molecule has 3 aromatic heterocycles. The summed E-state index contributed by atoms with van der Waals surface area (Å²) in [6, 6.07) is 6.85. The minimum Gasteiger partial charge on any atom is -0.496 e. The molecule has 1 aliphatic heterocycles. The smallest absolute Gasteiger partial charge is 0.261 e. The zero-order valence-corrected chi connectivity index (χ0v) is 19.9. The van der Waals surface area contributed by atoms with Crippen molar-refractivity contribution >= 4 is 28.8 Å². The minimum absolute atomic E-state index is 0.00386. The molecule has 0 unspecified atom stereocenters. The molecule has 1 fully saturated rings. The largest absolute Gasteiger partial charge is 0.496 e. The van der Waals surface area contributed by atoms with Crippen LogP contribution >= 0.6 is 0 Å². The lowest BCUT2D eigenvalue weighted by molar-refractivity contribution is -0.139. The number of nitrogens with zero attached hydrogens (tertiary/aromatic N) is 6. The van der Waals surface area contributed by atoms with Crippen molar-refractivity contribution in [1.82, 2.24) is 29.3 Å². The zero-order chi connectivity index (χ0) is 25.2. The van der Waals surface area contributed by atoms with Gasteiger partial charge in [0.15, 0.2) is 5.65 Å². The topological polar surface area (TPSA) is 142 Å². The van der Waals surface area contributed by atoms with Crippen molar-refractivity contribution < 1.29 is 19.1 Å². The molecule has 3 N–H and O–H groups in total. The highest BCUT2D eigenvalue weighted by Gasteiger charge is 2.26. The second-order valence-corrected chi connectivity index (χ2v) is 8.46. The van der Waals surface area contributed by atoms with Crippen molar-refractivity contribution in [2.45, 2.75) is 19.5 Å². The van der Waals surface area contributed by atoms with Crippen LogP contribution < -0.4 is 15.8 Å². The number of hydrogen-bond acceptors (Lipinski definition) is 8. The van der Waals surface area contributed by atoms with Crippen LogP contribution in [0.4, 0.5) is 11.4 Å². The third kappa shape index (κ3) is 4.45. The Bertz CT molecular complexity index is 1430. The van der Waals surface area contributed by atoms with Crippen molar-refractivity contribution in [3.63, 3.8) is 0 Å². The average Bonchev–Trinajstić information content (AvgIpc) is 3.48. The van der Waals surface area contributed by atoms with Crippen molar-refractivity contribution in [1.29, 1.82) is 0 Å². The van der Waals surface area contributed by atoms with Crippen molar-refractivity contribution in [2.24, 2.45) is 0 Å². The first-order valence-electron chi connectivity index (χ1n) is 11.4. The molecule has 0 aliphatic carbocycles. The van der Waals surface area contributed by atoms with Gasteiger partial charge in [-0.05, 0) is 31.2 Å². The van der Waals surface area contributed by atoms with E-state index in [2.05, 4.69) is 20.5 Å². The molecule has 5 rings (SSSR count). The van der Waals surface area contributed by atoms with E-state index in [1.54, 1.807) is 47.8 Å². The number of ether oxygens (including phenoxy) is 2. The number of carbonyl (C=O) groups excluding carboxylic acids is 2. The van der Waals surface area contributed by atoms with Crippen LogP contribution in [-0.2, 0) is 16.1 Å². The molecule has 1 aliphatic rings. The molecule has 0 spiro atoms. The summed E-state index contributed by atoms with van der Waals surface area (Å²) >= 11 is 0. The lowest BCUT2D eigenvalue weighted by atomic mass is 10.1. The van der Waals surface area contributed by atoms with Gasteiger partial charge >= 0.3 is 0 Å². The van der Waals surface area contributed by atoms with Gasteiger partial charge in [-0.15, -0.1) is 0 Å². The molecule has 186 valence electrons. The second-order valence-electron chi connectivity index (χ2n) is 8.46. The first-order chi connectivity index (χ1) is 17.4. The van der Waals surface area contributed by atoms with Crippen LogP contribution in [0.2, 0.25) is 0 Å². The number of carbonyl (C=O) groups is 2. The van der Waals surface area contributed by atoms with E-state index < -0.39 is 5.91 Å². The van der Waals surface area contributed by atoms with Gasteiger partial charge in [-0.25, -0.2) is 9.50 Å². The van der Waals surface area contributed by atoms with E-state index in [0.29, 0.717) is 59.4 Å². The number of fused-ring (bicyclic) bond motifs is 1. The summed E-state index contributed by atoms with van der Waals surface area (Å²) in [6.07, 6.45) is 6.37. The van der Waals surface area contributed by atoms with Gasteiger partial charge in [0.05, 0.1) is 38.2 Å². The number of nitrogens with one attached hydrogen (secondary N) is 1. The number of anilines is 2. The highest BCUT2D eigenvalue weighted by molar-refractivity contribution is 6.09. The molecule has 0 radical (unpaired) electrons. The van der Waals surface area contributed by atoms with Crippen LogP contribution in [0.3, 0.4) is 0 Å². The number of aromatic nitrogens is 5. The van der Waals surface area contributed by atoms with Crippen molar-refractivity contribution in [3.05, 3.63) is 54.6 Å². The van der Waals surface area contributed by atoms with Crippen LogP contribution in [0.1, 0.15) is 17.3 Å². The van der Waals surface area contributed by atoms with Crippen LogP contribution in [0.15, 0.2) is 49.1 Å². The Labute approximate surface area is 206 Å². The summed E-state index contributed by atoms with van der Waals surface area (Å²) in [5.41, 5.74) is 8.65. The van der Waals surface area contributed by atoms with E-state index in [1.807, 2.05) is 6.92 Å². The third-order valence-corrected chi connectivity index (χ3v) is 6.00. The first-order valence-corrected chi connectivity index (χ1v) is 11.4. The molecule has 36 heavy (non-hydrogen) atoms. The summed E-state index contributed by atoms with van der Waals surface area (Å²) < 4.78 is 14.0. The highest BCUT2D eigenvalue weighted by Crippen LogP contribution is 2.35. The first kappa shape index (κ1) is 23.3. The summed E-state index contributed by atoms with van der Waals surface area (Å²) in [4.78, 5) is 32.3. The third-order valence-electron chi connectivity index (χ3n) is 6.00. The SMILES string of the molecule is COc1ccc(N)cc1-c1nn(CC(=O)N2CCOC[C@@H]2C)cc1NC(=O)c1cnn2cccnc12. The Hall–Kier alpha value is -4.45. The van der Waals surface area contributed by atoms with Crippen molar-refractivity contribution in [2.75, 3.05) is 37.9 Å². The maximum Gasteiger partial charge on any atom is 0.261 e. The number of hydrogen-bond donors (Lipinski definition) is 2. The van der Waals surface area contributed by atoms with E-state index in [-0.39, 0.29) is 18.5 Å². The Kier molecular flexibility index (Phi) is 6.25. The second kappa shape index (κ2) is 9.66. The fourth-order valence-electron chi connectivity index (χ4n) is 4.21. The van der Waals surface area contributed by atoms with Crippen LogP contribution in [-0.4, -0.2) is 74.0 Å². The Morgan fingerprint density at radius 2 is 2.19 bits per heavy atom. The number of nitrogen functional groups attached to an aromatic ring is 1. The summed E-state index contributed by atoms with van der Waals surface area (Å²) in [6.45, 7) is 3.44. The number of morpholine rings is 1. The predicted molar refractivity (Wildman–Crippen MR) is 132 cm³/mol. The van der Waals surface area contributed by atoms with Gasteiger partial charge in [-0.1, -0.05) is 0 Å². The molecule has 1 atom stereocenters. The fourth-order valence-corrected chi connectivity index (χ4v) is 4.21. The standard InChI is InChI=1S/C24H26N8O4/c1-15-14-36-9-8-31(15)21(33)13-30-12-19(22(29-30)17-10-16(25)4-5-20(17)35-2)28-24(34)18-11-27-32-7-3-6-26-23(18)32/h3-7,10-12,15H,8-9,13-14,25H2,1-2H3,(H,28,34)/t15-/m0/s1. The number of rotatable bonds is 6. The molecule has 4 heterocycles. The average molecular weight is 491 g/mol. The lowest BCUT2D eigenvalue weighted by Crippen LogP contribution is -2.48. The van der Waals surface area contributed by atoms with E-state index in [4.69, 9.17) is 15.2 Å². The molecular weight excluding hydrogens is 464 g/mol. The molecule has 12 nitrogen and oxygen atoms in total. The summed E-state index contributed by atoms with van der Waals surface area (Å²) in [5, 5.41) is 11.7. The molecule has 4 aromatic rings. The Morgan fingerprint density at radius 3 is 3.00 bits per heavy atom. The monoisotopic (exact) mass is 490 g/mol. The number of amides is 2. The lowest BCUT2D eigenvalue weighted by Gasteiger charge is -2.33. The molecule has 2 amide bonds. The molecule has 0 bridgehead atoms. The van der Waals surface area contributed by atoms with Gasteiger partial charge in [0, 0.05) is 36.4 Å². The van der Waals surface area contributed by atoms with Gasteiger partial charge in [-0.2, -0.15) is 10.2 Å². The maximum absolute atomic E-state index is 13.2. The quantitative estimate of drug-likeness (QED) is 0.389. The molecule has 12 heteroatoms. The van der Waals surface area contributed by atoms with E-state index in [1.165, 1.54) is 22.5 Å². The predicted octanol–water partition coefficient (Wildman–Crippen LogP) is 1.68. The highest BCUT2D eigenvalue weighted by atomic mass is 16.5. The van der Waals surface area contributed by atoms with E-state index in [0.717, 1.165) is 0 Å². The van der Waals surface area contributed by atoms with E-state index in [9.17, 15) is 9.59 Å². The summed E-state index contributed by atoms with van der Waals surface area (Å²) in [5.74, 6) is 0.0142. The van der Waals surface area contributed by atoms with Gasteiger partial charge in [0.2, 0.25) is 5.91 Å². The van der Waals surface area contributed by atoms with Crippen molar-refractivity contribution in [3.8, 4) is 17.0 Å². The molecule has 0 saturated carbocycles. The van der Waals surface area contributed by atoms with Crippen LogP contribution in [0.25, 0.3) is 16.9 Å².